The van der Waals surface area contributed by atoms with Crippen molar-refractivity contribution in [2.75, 3.05) is 20.2 Å². The highest BCUT2D eigenvalue weighted by Crippen LogP contribution is 2.43. The molecule has 18 heavy (non-hydrogen) atoms. The van der Waals surface area contributed by atoms with Crippen LogP contribution in [0.25, 0.3) is 0 Å². The van der Waals surface area contributed by atoms with E-state index in [2.05, 4.69) is 5.32 Å². The Kier molecular flexibility index (Phi) is 3.50. The van der Waals surface area contributed by atoms with Gasteiger partial charge in [-0.2, -0.15) is 0 Å². The topological polar surface area (TPSA) is 47.6 Å². The Balaban J connectivity index is 0.00000120. The monoisotopic (exact) mass is 269 g/mol. The SMILES string of the molecule is COc1ccc2c(c1)C(=O)OC21CCNCC1.Cl. The number of esters is 1. The summed E-state index contributed by atoms with van der Waals surface area (Å²) in [6, 6.07) is 5.63. The molecular weight excluding hydrogens is 254 g/mol. The number of rotatable bonds is 1. The Labute approximate surface area is 112 Å². The number of fused-ring (bicyclic) bond motifs is 2. The van der Waals surface area contributed by atoms with Crippen LogP contribution in [0.5, 0.6) is 5.75 Å². The number of carbonyl (C=O) groups is 1. The van der Waals surface area contributed by atoms with Crippen LogP contribution < -0.4 is 10.1 Å². The van der Waals surface area contributed by atoms with Crippen molar-refractivity contribution < 1.29 is 14.3 Å². The van der Waals surface area contributed by atoms with E-state index in [0.717, 1.165) is 31.5 Å². The van der Waals surface area contributed by atoms with Crippen LogP contribution in [0.3, 0.4) is 0 Å². The van der Waals surface area contributed by atoms with E-state index in [1.54, 1.807) is 13.2 Å². The van der Waals surface area contributed by atoms with Gasteiger partial charge in [-0.05, 0) is 25.2 Å². The molecular formula is C13H16ClNO3. The van der Waals surface area contributed by atoms with Crippen LogP contribution in [0.4, 0.5) is 0 Å². The Morgan fingerprint density at radius 1 is 1.33 bits per heavy atom. The van der Waals surface area contributed by atoms with Crippen LogP contribution in [0, 0.1) is 0 Å². The lowest BCUT2D eigenvalue weighted by Crippen LogP contribution is -2.39. The van der Waals surface area contributed by atoms with Crippen LogP contribution in [-0.4, -0.2) is 26.2 Å². The number of nitrogens with one attached hydrogen (secondary N) is 1. The number of halogens is 1. The summed E-state index contributed by atoms with van der Waals surface area (Å²) in [5.41, 5.74) is 1.28. The molecule has 0 aliphatic carbocycles. The molecule has 4 nitrogen and oxygen atoms in total. The smallest absolute Gasteiger partial charge is 0.339 e. The highest BCUT2D eigenvalue weighted by atomic mass is 35.5. The molecule has 1 fully saturated rings. The standard InChI is InChI=1S/C13H15NO3.ClH/c1-16-9-2-3-11-10(8-9)12(15)17-13(11)4-6-14-7-5-13;/h2-3,8,14H,4-7H2,1H3;1H. The maximum atomic E-state index is 11.9. The van der Waals surface area contributed by atoms with Gasteiger partial charge in [0.05, 0.1) is 12.7 Å². The van der Waals surface area contributed by atoms with E-state index in [4.69, 9.17) is 9.47 Å². The van der Waals surface area contributed by atoms with Gasteiger partial charge in [0.1, 0.15) is 11.4 Å². The van der Waals surface area contributed by atoms with Crippen molar-refractivity contribution in [3.8, 4) is 5.75 Å². The lowest BCUT2D eigenvalue weighted by molar-refractivity contribution is -0.0241. The predicted molar refractivity (Wildman–Crippen MR) is 69.4 cm³/mol. The zero-order chi connectivity index (χ0) is 11.9. The van der Waals surface area contributed by atoms with Crippen LogP contribution in [-0.2, 0) is 10.3 Å². The summed E-state index contributed by atoms with van der Waals surface area (Å²) in [7, 11) is 1.60. The highest BCUT2D eigenvalue weighted by molar-refractivity contribution is 5.95. The molecule has 2 aliphatic heterocycles. The van der Waals surface area contributed by atoms with Gasteiger partial charge in [0.25, 0.3) is 0 Å². The second-order valence-electron chi connectivity index (χ2n) is 4.55. The van der Waals surface area contributed by atoms with Crippen LogP contribution in [0.2, 0.25) is 0 Å². The molecule has 98 valence electrons. The Bertz CT molecular complexity index is 469. The lowest BCUT2D eigenvalue weighted by atomic mass is 9.84. The van der Waals surface area contributed by atoms with E-state index in [1.807, 2.05) is 12.1 Å². The molecule has 0 amide bonds. The maximum absolute atomic E-state index is 11.9. The number of piperidine rings is 1. The zero-order valence-electron chi connectivity index (χ0n) is 10.2. The highest BCUT2D eigenvalue weighted by Gasteiger charge is 2.46. The molecule has 0 aromatic heterocycles. The third-order valence-electron chi connectivity index (χ3n) is 3.64. The molecule has 0 bridgehead atoms. The molecule has 0 unspecified atom stereocenters. The fourth-order valence-corrected chi connectivity index (χ4v) is 2.71. The number of carbonyl (C=O) groups excluding carboxylic acids is 1. The largest absolute Gasteiger partial charge is 0.497 e. The molecule has 1 spiro atoms. The van der Waals surface area contributed by atoms with Crippen molar-refractivity contribution >= 4 is 18.4 Å². The summed E-state index contributed by atoms with van der Waals surface area (Å²) < 4.78 is 10.8. The normalized spacial score (nSPS) is 19.9. The zero-order valence-corrected chi connectivity index (χ0v) is 11.0. The molecule has 0 atom stereocenters. The van der Waals surface area contributed by atoms with Crippen LogP contribution >= 0.6 is 12.4 Å². The van der Waals surface area contributed by atoms with E-state index >= 15 is 0 Å². The van der Waals surface area contributed by atoms with Crippen LogP contribution in [0.1, 0.15) is 28.8 Å². The predicted octanol–water partition coefficient (Wildman–Crippen LogP) is 1.87. The fourth-order valence-electron chi connectivity index (χ4n) is 2.71. The first-order chi connectivity index (χ1) is 8.25. The summed E-state index contributed by atoms with van der Waals surface area (Å²) in [5, 5.41) is 3.29. The van der Waals surface area contributed by atoms with Gasteiger partial charge in [-0.15, -0.1) is 12.4 Å². The van der Waals surface area contributed by atoms with E-state index in [1.165, 1.54) is 0 Å². The van der Waals surface area contributed by atoms with Crippen LogP contribution in [0.15, 0.2) is 18.2 Å². The first kappa shape index (κ1) is 13.2. The van der Waals surface area contributed by atoms with Gasteiger partial charge in [0, 0.05) is 18.4 Å². The first-order valence-electron chi connectivity index (χ1n) is 5.88. The summed E-state index contributed by atoms with van der Waals surface area (Å²) >= 11 is 0. The fraction of sp³-hybridized carbons (Fsp3) is 0.462. The van der Waals surface area contributed by atoms with Gasteiger partial charge in [-0.1, -0.05) is 6.07 Å². The molecule has 0 saturated carbocycles. The third kappa shape index (κ3) is 1.85. The van der Waals surface area contributed by atoms with Crippen molar-refractivity contribution in [1.29, 1.82) is 0 Å². The molecule has 0 radical (unpaired) electrons. The van der Waals surface area contributed by atoms with Gasteiger partial charge in [0.2, 0.25) is 0 Å². The van der Waals surface area contributed by atoms with Gasteiger partial charge in [-0.25, -0.2) is 4.79 Å². The molecule has 1 saturated heterocycles. The minimum Gasteiger partial charge on any atom is -0.497 e. The molecule has 1 aromatic carbocycles. The summed E-state index contributed by atoms with van der Waals surface area (Å²) in [5.74, 6) is 0.479. The Hall–Kier alpha value is -1.26. The van der Waals surface area contributed by atoms with Gasteiger partial charge in [0.15, 0.2) is 0 Å². The number of benzene rings is 1. The summed E-state index contributed by atoms with van der Waals surface area (Å²) in [6.07, 6.45) is 1.69. The average Bonchev–Trinajstić information content (AvgIpc) is 2.63. The average molecular weight is 270 g/mol. The summed E-state index contributed by atoms with van der Waals surface area (Å²) in [4.78, 5) is 11.9. The molecule has 2 aliphatic rings. The van der Waals surface area contributed by atoms with Crippen molar-refractivity contribution in [1.82, 2.24) is 5.32 Å². The quantitative estimate of drug-likeness (QED) is 0.791. The maximum Gasteiger partial charge on any atom is 0.339 e. The third-order valence-corrected chi connectivity index (χ3v) is 3.64. The molecule has 5 heteroatoms. The molecule has 3 rings (SSSR count). The molecule has 1 aromatic rings. The minimum atomic E-state index is -0.399. The van der Waals surface area contributed by atoms with Crippen molar-refractivity contribution in [2.45, 2.75) is 18.4 Å². The van der Waals surface area contributed by atoms with Gasteiger partial charge >= 0.3 is 5.97 Å². The van der Waals surface area contributed by atoms with Gasteiger partial charge in [-0.3, -0.25) is 0 Å². The van der Waals surface area contributed by atoms with E-state index < -0.39 is 5.60 Å². The number of methoxy groups -OCH3 is 1. The van der Waals surface area contributed by atoms with E-state index in [9.17, 15) is 4.79 Å². The second kappa shape index (κ2) is 4.78. The van der Waals surface area contributed by atoms with Crippen molar-refractivity contribution in [3.05, 3.63) is 29.3 Å². The van der Waals surface area contributed by atoms with Crippen molar-refractivity contribution in [2.24, 2.45) is 0 Å². The van der Waals surface area contributed by atoms with E-state index in [0.29, 0.717) is 11.3 Å². The van der Waals surface area contributed by atoms with E-state index in [-0.39, 0.29) is 18.4 Å². The molecule has 1 N–H and O–H groups in total. The lowest BCUT2D eigenvalue weighted by Gasteiger charge is -2.33. The van der Waals surface area contributed by atoms with Crippen molar-refractivity contribution in [3.63, 3.8) is 0 Å². The number of ether oxygens (including phenoxy) is 2. The summed E-state index contributed by atoms with van der Waals surface area (Å²) in [6.45, 7) is 1.78. The Morgan fingerprint density at radius 2 is 2.06 bits per heavy atom. The Morgan fingerprint density at radius 3 is 2.72 bits per heavy atom. The van der Waals surface area contributed by atoms with Gasteiger partial charge < -0.3 is 14.8 Å². The second-order valence-corrected chi connectivity index (χ2v) is 4.55. The number of hydrogen-bond donors (Lipinski definition) is 1. The first-order valence-corrected chi connectivity index (χ1v) is 5.88. The minimum absolute atomic E-state index is 0. The molecule has 2 heterocycles. The number of hydrogen-bond acceptors (Lipinski definition) is 4.